The second kappa shape index (κ2) is 3.81. The summed E-state index contributed by atoms with van der Waals surface area (Å²) >= 11 is 1.59. The van der Waals surface area contributed by atoms with Gasteiger partial charge in [0.25, 0.3) is 0 Å². The quantitative estimate of drug-likeness (QED) is 0.430. The number of hydrogen-bond acceptors (Lipinski definition) is 0. The Bertz CT molecular complexity index is 131. The van der Waals surface area contributed by atoms with Crippen LogP contribution in [-0.4, -0.2) is 18.6 Å². The van der Waals surface area contributed by atoms with Gasteiger partial charge in [-0.15, -0.1) is 0 Å². The molecule has 0 aromatic heterocycles. The summed E-state index contributed by atoms with van der Waals surface area (Å²) in [7, 11) is 0. The molecular weight excluding hydrogens is 154 g/mol. The average Bonchev–Trinajstić information content (AvgIpc) is 1.67. The summed E-state index contributed by atoms with van der Waals surface area (Å²) in [6, 6.07) is 0. The Balaban J connectivity index is 3.99. The first-order valence-electron chi connectivity index (χ1n) is 2.42. The van der Waals surface area contributed by atoms with E-state index >= 15 is 0 Å². The van der Waals surface area contributed by atoms with Crippen LogP contribution < -0.4 is 0 Å². The van der Waals surface area contributed by atoms with E-state index in [4.69, 9.17) is 0 Å². The fraction of sp³-hybridized carbons (Fsp3) is 0.143. The Morgan fingerprint density at radius 3 is 2.25 bits per heavy atom. The molecule has 0 heterocycles. The Labute approximate surface area is 60.9 Å². The maximum atomic E-state index is 3.77. The Kier molecular flexibility index (Phi) is 3.74. The summed E-state index contributed by atoms with van der Waals surface area (Å²) in [5.41, 5.74) is 1.13. The fourth-order valence-electron chi connectivity index (χ4n) is 0.269. The fourth-order valence-corrected chi connectivity index (χ4v) is 0.555. The van der Waals surface area contributed by atoms with Gasteiger partial charge < -0.3 is 0 Å². The molecule has 2 radical (unpaired) electrons. The first kappa shape index (κ1) is 7.86. The Morgan fingerprint density at radius 2 is 2.12 bits per heavy atom. The topological polar surface area (TPSA) is 0 Å². The summed E-state index contributed by atoms with van der Waals surface area (Å²) in [5, 5.41) is 0. The molecule has 0 nitrogen and oxygen atoms in total. The van der Waals surface area contributed by atoms with Crippen LogP contribution in [0.2, 0.25) is 0 Å². The third kappa shape index (κ3) is 2.94. The zero-order valence-corrected chi connectivity index (χ0v) is 7.57. The van der Waals surface area contributed by atoms with Gasteiger partial charge in [-0.2, -0.15) is 0 Å². The maximum absolute atomic E-state index is 3.77. The first-order chi connectivity index (χ1) is 3.68. The monoisotopic (exact) mass is 162 g/mol. The van der Waals surface area contributed by atoms with Crippen molar-refractivity contribution in [1.82, 2.24) is 0 Å². The van der Waals surface area contributed by atoms with Crippen LogP contribution in [0.4, 0.5) is 0 Å². The molecule has 0 rings (SSSR count). The van der Waals surface area contributed by atoms with Crippen molar-refractivity contribution in [2.45, 2.75) is 6.92 Å². The molecule has 0 amide bonds. The van der Waals surface area contributed by atoms with Gasteiger partial charge >= 0.3 is 60.5 Å². The van der Waals surface area contributed by atoms with E-state index < -0.39 is 0 Å². The summed E-state index contributed by atoms with van der Waals surface area (Å²) < 4.78 is 1.26. The summed E-state index contributed by atoms with van der Waals surface area (Å²) in [5.74, 6) is 0. The summed E-state index contributed by atoms with van der Waals surface area (Å²) in [4.78, 5) is 0. The number of allylic oxidation sites excluding steroid dienone is 4. The van der Waals surface area contributed by atoms with Crippen molar-refractivity contribution in [3.8, 4) is 0 Å². The van der Waals surface area contributed by atoms with E-state index in [1.165, 1.54) is 4.13 Å². The number of rotatable bonds is 2. The second-order valence-corrected chi connectivity index (χ2v) is 2.94. The summed E-state index contributed by atoms with van der Waals surface area (Å²) in [6.07, 6.45) is 3.76. The van der Waals surface area contributed by atoms with Crippen molar-refractivity contribution in [2.75, 3.05) is 0 Å². The third-order valence-corrected chi connectivity index (χ3v) is 2.23. The molecule has 40 valence electrons. The minimum absolute atomic E-state index is 1.13. The molecule has 0 spiro atoms. The number of hydrogen-bond donors (Lipinski definition) is 0. The van der Waals surface area contributed by atoms with Crippen LogP contribution in [0.3, 0.4) is 0 Å². The van der Waals surface area contributed by atoms with Crippen LogP contribution in [0.25, 0.3) is 0 Å². The Hall–Kier alpha value is -0.144. The predicted octanol–water partition coefficient (Wildman–Crippen LogP) is 1.80. The van der Waals surface area contributed by atoms with Crippen molar-refractivity contribution in [3.05, 3.63) is 35.0 Å². The molecule has 0 unspecified atom stereocenters. The van der Waals surface area contributed by atoms with E-state index in [1.807, 2.05) is 13.0 Å². The van der Waals surface area contributed by atoms with Crippen LogP contribution in [0, 0.1) is 0 Å². The van der Waals surface area contributed by atoms with Gasteiger partial charge in [0.2, 0.25) is 0 Å². The zero-order valence-electron chi connectivity index (χ0n) is 5.15. The zero-order chi connectivity index (χ0) is 6.57. The standard InChI is InChI=1S/C7H9.Ga/c1-4-5-6-7(2)3;/h4-5H,1-2H2,3H3;. The van der Waals surface area contributed by atoms with E-state index in [0.717, 1.165) is 5.57 Å². The second-order valence-electron chi connectivity index (χ2n) is 1.64. The minimum atomic E-state index is 1.13. The molecular formula is C7H9Ga. The van der Waals surface area contributed by atoms with Crippen molar-refractivity contribution >= 4 is 18.6 Å². The molecule has 0 fully saturated rings. The molecule has 0 aromatic rings. The van der Waals surface area contributed by atoms with Crippen LogP contribution >= 0.6 is 0 Å². The molecule has 0 aliphatic heterocycles. The van der Waals surface area contributed by atoms with Gasteiger partial charge in [0, 0.05) is 0 Å². The van der Waals surface area contributed by atoms with Gasteiger partial charge in [-0.1, -0.05) is 0 Å². The molecule has 0 aromatic carbocycles. The van der Waals surface area contributed by atoms with Crippen molar-refractivity contribution in [3.63, 3.8) is 0 Å². The first-order valence-corrected chi connectivity index (χ1v) is 3.63. The molecule has 0 bridgehead atoms. The van der Waals surface area contributed by atoms with Crippen molar-refractivity contribution in [1.29, 1.82) is 0 Å². The van der Waals surface area contributed by atoms with Gasteiger partial charge in [-0.05, 0) is 0 Å². The normalized spacial score (nSPS) is 10.9. The van der Waals surface area contributed by atoms with Crippen molar-refractivity contribution in [2.24, 2.45) is 0 Å². The van der Waals surface area contributed by atoms with E-state index in [2.05, 4.69) is 13.2 Å². The molecule has 0 saturated heterocycles. The van der Waals surface area contributed by atoms with Crippen LogP contribution in [0.5, 0.6) is 0 Å². The molecule has 0 atom stereocenters. The Morgan fingerprint density at radius 1 is 1.62 bits per heavy atom. The van der Waals surface area contributed by atoms with E-state index in [0.29, 0.717) is 0 Å². The molecule has 0 aliphatic rings. The van der Waals surface area contributed by atoms with Crippen LogP contribution in [-0.2, 0) is 0 Å². The van der Waals surface area contributed by atoms with Gasteiger partial charge in [0.1, 0.15) is 0 Å². The molecule has 1 heteroatoms. The average molecular weight is 163 g/mol. The van der Waals surface area contributed by atoms with Crippen LogP contribution in [0.1, 0.15) is 6.92 Å². The molecule has 0 N–H and O–H groups in total. The van der Waals surface area contributed by atoms with E-state index in [1.54, 1.807) is 24.7 Å². The predicted molar refractivity (Wildman–Crippen MR) is 38.8 cm³/mol. The molecule has 8 heavy (non-hydrogen) atoms. The third-order valence-electron chi connectivity index (χ3n) is 0.790. The van der Waals surface area contributed by atoms with Gasteiger partial charge in [0.15, 0.2) is 0 Å². The van der Waals surface area contributed by atoms with Crippen LogP contribution in [0.15, 0.2) is 35.0 Å². The van der Waals surface area contributed by atoms with Gasteiger partial charge in [-0.25, -0.2) is 0 Å². The van der Waals surface area contributed by atoms with E-state index in [9.17, 15) is 0 Å². The molecule has 0 aliphatic carbocycles. The van der Waals surface area contributed by atoms with E-state index in [-0.39, 0.29) is 0 Å². The summed E-state index contributed by atoms with van der Waals surface area (Å²) in [6.45, 7) is 9.35. The molecule has 0 saturated carbocycles. The van der Waals surface area contributed by atoms with Crippen molar-refractivity contribution < 1.29 is 0 Å². The van der Waals surface area contributed by atoms with Gasteiger partial charge in [-0.3, -0.25) is 0 Å². The van der Waals surface area contributed by atoms with Gasteiger partial charge in [0.05, 0.1) is 0 Å². The SMILES string of the molecule is C=C/C=[C](/[Ga])C(=C)C.